The first-order chi connectivity index (χ1) is 15.4. The molecule has 0 amide bonds. The normalized spacial score (nSPS) is 21.7. The second-order valence-electron chi connectivity index (χ2n) is 9.06. The van der Waals surface area contributed by atoms with Gasteiger partial charge in [-0.2, -0.15) is 0 Å². The van der Waals surface area contributed by atoms with E-state index in [1.54, 1.807) is 0 Å². The molecule has 0 bridgehead atoms. The Kier molecular flexibility index (Phi) is 16.2. The molecule has 1 saturated heterocycles. The maximum absolute atomic E-state index is 11.7. The molecule has 1 rings (SSSR count). The summed E-state index contributed by atoms with van der Waals surface area (Å²) in [6.07, 6.45) is 9.83. The molecule has 8 heteroatoms. The SMILES string of the molecule is CCCCCCCCC1OC1CCCCCCCC(=O)OC[C@@H](O)[C@@H](O)[C@H](O)[C@@H](O)CO. The molecular formula is C24H46O8. The highest BCUT2D eigenvalue weighted by atomic mass is 16.6. The number of aliphatic hydroxyl groups is 5. The van der Waals surface area contributed by atoms with E-state index in [2.05, 4.69) is 6.92 Å². The van der Waals surface area contributed by atoms with Crippen molar-refractivity contribution in [2.24, 2.45) is 0 Å². The minimum Gasteiger partial charge on any atom is -0.463 e. The van der Waals surface area contributed by atoms with Crippen LogP contribution >= 0.6 is 0 Å². The number of rotatable bonds is 21. The van der Waals surface area contributed by atoms with Gasteiger partial charge in [-0.15, -0.1) is 0 Å². The zero-order chi connectivity index (χ0) is 23.8. The third-order valence-corrected chi connectivity index (χ3v) is 6.14. The Hall–Kier alpha value is -0.770. The van der Waals surface area contributed by atoms with Crippen molar-refractivity contribution >= 4 is 5.97 Å². The van der Waals surface area contributed by atoms with E-state index in [4.69, 9.17) is 14.6 Å². The molecular weight excluding hydrogens is 416 g/mol. The zero-order valence-electron chi connectivity index (χ0n) is 19.7. The van der Waals surface area contributed by atoms with Crippen LogP contribution in [0.25, 0.3) is 0 Å². The molecule has 1 aliphatic heterocycles. The standard InChI is InChI=1S/C24H46O8/c1-2-3-4-5-7-10-13-20-21(32-20)14-11-8-6-9-12-15-22(28)31-17-19(27)24(30)23(29)18(26)16-25/h18-21,23-27,29-30H,2-17H2,1H3/t18-,19+,20?,21?,23+,24+/m0/s1. The molecule has 2 unspecified atom stereocenters. The van der Waals surface area contributed by atoms with Crippen molar-refractivity contribution in [1.29, 1.82) is 0 Å². The summed E-state index contributed by atoms with van der Waals surface area (Å²) in [6.45, 7) is 1.01. The summed E-state index contributed by atoms with van der Waals surface area (Å²) in [6, 6.07) is 0. The second-order valence-corrected chi connectivity index (χ2v) is 9.06. The molecule has 190 valence electrons. The summed E-state index contributed by atoms with van der Waals surface area (Å²) >= 11 is 0. The Morgan fingerprint density at radius 2 is 1.28 bits per heavy atom. The van der Waals surface area contributed by atoms with Crippen LogP contribution < -0.4 is 0 Å². The lowest BCUT2D eigenvalue weighted by Crippen LogP contribution is -2.47. The molecule has 0 aromatic heterocycles. The number of carbonyl (C=O) groups excluding carboxylic acids is 1. The van der Waals surface area contributed by atoms with Gasteiger partial charge in [0.05, 0.1) is 18.8 Å². The molecule has 6 atom stereocenters. The highest BCUT2D eigenvalue weighted by molar-refractivity contribution is 5.69. The third kappa shape index (κ3) is 13.1. The highest BCUT2D eigenvalue weighted by Gasteiger charge is 2.36. The number of epoxide rings is 1. The topological polar surface area (TPSA) is 140 Å². The van der Waals surface area contributed by atoms with Gasteiger partial charge in [0, 0.05) is 6.42 Å². The van der Waals surface area contributed by atoms with Crippen LogP contribution in [0, 0.1) is 0 Å². The van der Waals surface area contributed by atoms with Crippen LogP contribution in [-0.2, 0) is 14.3 Å². The minimum atomic E-state index is -1.72. The lowest BCUT2D eigenvalue weighted by atomic mass is 10.0. The Balaban J connectivity index is 1.92. The number of hydrogen-bond acceptors (Lipinski definition) is 8. The Labute approximate surface area is 192 Å². The van der Waals surface area contributed by atoms with Crippen LogP contribution in [0.15, 0.2) is 0 Å². The Morgan fingerprint density at radius 1 is 0.781 bits per heavy atom. The van der Waals surface area contributed by atoms with Crippen LogP contribution in [0.1, 0.15) is 96.8 Å². The fraction of sp³-hybridized carbons (Fsp3) is 0.958. The molecule has 0 aromatic carbocycles. The summed E-state index contributed by atoms with van der Waals surface area (Å²) in [5, 5.41) is 46.9. The molecule has 0 aliphatic carbocycles. The van der Waals surface area contributed by atoms with Gasteiger partial charge in [-0.05, 0) is 19.3 Å². The van der Waals surface area contributed by atoms with Gasteiger partial charge in [0.2, 0.25) is 0 Å². The summed E-state index contributed by atoms with van der Waals surface area (Å²) < 4.78 is 10.7. The third-order valence-electron chi connectivity index (χ3n) is 6.14. The van der Waals surface area contributed by atoms with Crippen LogP contribution in [0.3, 0.4) is 0 Å². The molecule has 5 N–H and O–H groups in total. The molecule has 1 aliphatic rings. The van der Waals surface area contributed by atoms with E-state index >= 15 is 0 Å². The first-order valence-electron chi connectivity index (χ1n) is 12.5. The molecule has 0 aromatic rings. The minimum absolute atomic E-state index is 0.233. The van der Waals surface area contributed by atoms with Crippen molar-refractivity contribution in [3.8, 4) is 0 Å². The molecule has 32 heavy (non-hydrogen) atoms. The number of esters is 1. The second kappa shape index (κ2) is 17.7. The molecule has 0 radical (unpaired) electrons. The molecule has 0 spiro atoms. The van der Waals surface area contributed by atoms with Gasteiger partial charge in [-0.3, -0.25) is 4.79 Å². The summed E-state index contributed by atoms with van der Waals surface area (Å²) in [5.74, 6) is -0.475. The number of unbranched alkanes of at least 4 members (excludes halogenated alkanes) is 9. The fourth-order valence-corrected chi connectivity index (χ4v) is 3.87. The Morgan fingerprint density at radius 3 is 1.84 bits per heavy atom. The van der Waals surface area contributed by atoms with E-state index in [1.165, 1.54) is 44.9 Å². The molecule has 0 saturated carbocycles. The van der Waals surface area contributed by atoms with E-state index in [0.29, 0.717) is 18.6 Å². The summed E-state index contributed by atoms with van der Waals surface area (Å²) in [5.41, 5.74) is 0. The van der Waals surface area contributed by atoms with E-state index in [0.717, 1.165) is 32.1 Å². The zero-order valence-corrected chi connectivity index (χ0v) is 19.7. The van der Waals surface area contributed by atoms with Crippen LogP contribution in [-0.4, -0.2) is 81.3 Å². The maximum Gasteiger partial charge on any atom is 0.305 e. The van der Waals surface area contributed by atoms with Gasteiger partial charge in [0.1, 0.15) is 31.0 Å². The first kappa shape index (κ1) is 29.3. The first-order valence-corrected chi connectivity index (χ1v) is 12.5. The van der Waals surface area contributed by atoms with Crippen molar-refractivity contribution in [3.63, 3.8) is 0 Å². The van der Waals surface area contributed by atoms with E-state index < -0.39 is 43.6 Å². The average Bonchev–Trinajstić information content (AvgIpc) is 3.55. The number of hydrogen-bond donors (Lipinski definition) is 5. The number of aliphatic hydroxyl groups excluding tert-OH is 5. The number of carbonyl (C=O) groups is 1. The predicted molar refractivity (Wildman–Crippen MR) is 121 cm³/mol. The fourth-order valence-electron chi connectivity index (χ4n) is 3.87. The monoisotopic (exact) mass is 462 g/mol. The lowest BCUT2D eigenvalue weighted by molar-refractivity contribution is -0.156. The predicted octanol–water partition coefficient (Wildman–Crippen LogP) is 2.21. The van der Waals surface area contributed by atoms with Crippen molar-refractivity contribution in [2.75, 3.05) is 13.2 Å². The summed E-state index contributed by atoms with van der Waals surface area (Å²) in [7, 11) is 0. The van der Waals surface area contributed by atoms with Crippen molar-refractivity contribution in [3.05, 3.63) is 0 Å². The van der Waals surface area contributed by atoms with Gasteiger partial charge in [0.15, 0.2) is 0 Å². The molecule has 1 fully saturated rings. The molecule has 8 nitrogen and oxygen atoms in total. The van der Waals surface area contributed by atoms with Gasteiger partial charge < -0.3 is 35.0 Å². The van der Waals surface area contributed by atoms with Crippen molar-refractivity contribution in [1.82, 2.24) is 0 Å². The van der Waals surface area contributed by atoms with Gasteiger partial charge in [-0.1, -0.05) is 71.1 Å². The van der Waals surface area contributed by atoms with Gasteiger partial charge in [0.25, 0.3) is 0 Å². The quantitative estimate of drug-likeness (QED) is 0.0994. The Bertz CT molecular complexity index is 475. The van der Waals surface area contributed by atoms with Crippen molar-refractivity contribution < 1.29 is 39.8 Å². The average molecular weight is 463 g/mol. The van der Waals surface area contributed by atoms with E-state index in [1.807, 2.05) is 0 Å². The van der Waals surface area contributed by atoms with Crippen LogP contribution in [0.4, 0.5) is 0 Å². The summed E-state index contributed by atoms with van der Waals surface area (Å²) in [4.78, 5) is 11.7. The highest BCUT2D eigenvalue weighted by Crippen LogP contribution is 2.31. The smallest absolute Gasteiger partial charge is 0.305 e. The maximum atomic E-state index is 11.7. The van der Waals surface area contributed by atoms with Gasteiger partial charge in [-0.25, -0.2) is 0 Å². The van der Waals surface area contributed by atoms with Gasteiger partial charge >= 0.3 is 5.97 Å². The lowest BCUT2D eigenvalue weighted by Gasteiger charge is -2.25. The largest absolute Gasteiger partial charge is 0.463 e. The van der Waals surface area contributed by atoms with E-state index in [-0.39, 0.29) is 6.42 Å². The van der Waals surface area contributed by atoms with Crippen molar-refractivity contribution in [2.45, 2.75) is 133 Å². The van der Waals surface area contributed by atoms with Crippen LogP contribution in [0.5, 0.6) is 0 Å². The number of ether oxygens (including phenoxy) is 2. The molecule has 1 heterocycles. The van der Waals surface area contributed by atoms with E-state index in [9.17, 15) is 25.2 Å². The van der Waals surface area contributed by atoms with Crippen LogP contribution in [0.2, 0.25) is 0 Å².